The number of carbonyl (C=O) groups excluding carboxylic acids is 1. The van der Waals surface area contributed by atoms with E-state index in [1.54, 1.807) is 32.9 Å². The molecule has 2 N–H and O–H groups in total. The summed E-state index contributed by atoms with van der Waals surface area (Å²) in [7, 11) is -3.75. The maximum absolute atomic E-state index is 13.0. The molecule has 0 radical (unpaired) electrons. The summed E-state index contributed by atoms with van der Waals surface area (Å²) in [5.74, 6) is -0.890. The second kappa shape index (κ2) is 8.16. The number of rotatable bonds is 6. The highest BCUT2D eigenvalue weighted by Crippen LogP contribution is 2.22. The minimum absolute atomic E-state index is 0.0461. The second-order valence-corrected chi connectivity index (χ2v) is 8.29. The molecule has 5 nitrogen and oxygen atoms in total. The van der Waals surface area contributed by atoms with Crippen molar-refractivity contribution in [3.8, 4) is 0 Å². The second-order valence-electron chi connectivity index (χ2n) is 6.16. The number of carbonyl (C=O) groups is 1. The van der Waals surface area contributed by atoms with Gasteiger partial charge in [-0.3, -0.25) is 4.79 Å². The Kier molecular flexibility index (Phi) is 6.39. The van der Waals surface area contributed by atoms with Gasteiger partial charge in [-0.25, -0.2) is 17.5 Å². The fourth-order valence-corrected chi connectivity index (χ4v) is 3.81. The molecule has 2 rings (SSSR count). The van der Waals surface area contributed by atoms with Crippen molar-refractivity contribution in [2.24, 2.45) is 0 Å². The molecule has 0 spiro atoms. The molecule has 1 unspecified atom stereocenters. The Bertz CT molecular complexity index is 899. The van der Waals surface area contributed by atoms with Crippen molar-refractivity contribution in [3.05, 3.63) is 64.4 Å². The number of halogens is 2. The summed E-state index contributed by atoms with van der Waals surface area (Å²) in [6.07, 6.45) is 0. The number of sulfonamides is 1. The van der Waals surface area contributed by atoms with Crippen LogP contribution in [0.2, 0.25) is 5.02 Å². The average molecular weight is 399 g/mol. The first kappa shape index (κ1) is 20.4. The van der Waals surface area contributed by atoms with E-state index in [9.17, 15) is 17.6 Å². The highest BCUT2D eigenvalue weighted by Gasteiger charge is 2.20. The lowest BCUT2D eigenvalue weighted by Gasteiger charge is -2.16. The zero-order valence-corrected chi connectivity index (χ0v) is 16.2. The average Bonchev–Trinajstić information content (AvgIpc) is 2.54. The highest BCUT2D eigenvalue weighted by molar-refractivity contribution is 7.89. The number of nitrogens with one attached hydrogen (secondary N) is 2. The Hall–Kier alpha value is -1.96. The molecule has 2 aromatic rings. The quantitative estimate of drug-likeness (QED) is 0.779. The standard InChI is InChI=1S/C18H20ClFN2O3S/c1-11(2)22-26(24,25)15-8-9-17(19)16(10-15)18(23)21-12(3)13-4-6-14(20)7-5-13/h4-12,22H,1-3H3,(H,21,23). The van der Waals surface area contributed by atoms with Crippen LogP contribution in [-0.2, 0) is 10.0 Å². The Labute approximate surface area is 157 Å². The summed E-state index contributed by atoms with van der Waals surface area (Å²) in [5.41, 5.74) is 0.758. The number of hydrogen-bond acceptors (Lipinski definition) is 3. The SMILES string of the molecule is CC(C)NS(=O)(=O)c1ccc(Cl)c(C(=O)NC(C)c2ccc(F)cc2)c1. The summed E-state index contributed by atoms with van der Waals surface area (Å²) in [6.45, 7) is 5.14. The van der Waals surface area contributed by atoms with Crippen LogP contribution in [0, 0.1) is 5.82 Å². The summed E-state index contributed by atoms with van der Waals surface area (Å²) < 4.78 is 40.0. The van der Waals surface area contributed by atoms with Gasteiger partial charge in [-0.1, -0.05) is 23.7 Å². The molecule has 0 aromatic heterocycles. The van der Waals surface area contributed by atoms with Crippen LogP contribution in [0.25, 0.3) is 0 Å². The van der Waals surface area contributed by atoms with E-state index >= 15 is 0 Å². The van der Waals surface area contributed by atoms with Gasteiger partial charge in [-0.05, 0) is 56.7 Å². The Balaban J connectivity index is 2.25. The molecule has 2 aromatic carbocycles. The van der Waals surface area contributed by atoms with Crippen LogP contribution >= 0.6 is 11.6 Å². The van der Waals surface area contributed by atoms with Crippen LogP contribution < -0.4 is 10.0 Å². The third kappa shape index (κ3) is 5.03. The Morgan fingerprint density at radius 2 is 1.69 bits per heavy atom. The van der Waals surface area contributed by atoms with Crippen LogP contribution in [0.3, 0.4) is 0 Å². The zero-order chi connectivity index (χ0) is 19.5. The van der Waals surface area contributed by atoms with Gasteiger partial charge in [0.2, 0.25) is 10.0 Å². The van der Waals surface area contributed by atoms with Crippen molar-refractivity contribution in [2.75, 3.05) is 0 Å². The fourth-order valence-electron chi connectivity index (χ4n) is 2.33. The summed E-state index contributed by atoms with van der Waals surface area (Å²) in [5, 5.41) is 2.87. The van der Waals surface area contributed by atoms with Crippen molar-refractivity contribution in [1.82, 2.24) is 10.0 Å². The van der Waals surface area contributed by atoms with Crippen LogP contribution in [0.5, 0.6) is 0 Å². The highest BCUT2D eigenvalue weighted by atomic mass is 35.5. The van der Waals surface area contributed by atoms with Crippen molar-refractivity contribution in [2.45, 2.75) is 37.8 Å². The first-order chi connectivity index (χ1) is 12.1. The maximum Gasteiger partial charge on any atom is 0.253 e. The van der Waals surface area contributed by atoms with Gasteiger partial charge in [-0.2, -0.15) is 0 Å². The maximum atomic E-state index is 13.0. The van der Waals surface area contributed by atoms with E-state index in [0.717, 1.165) is 0 Å². The molecule has 0 heterocycles. The lowest BCUT2D eigenvalue weighted by atomic mass is 10.1. The van der Waals surface area contributed by atoms with Gasteiger partial charge in [-0.15, -0.1) is 0 Å². The molecule has 140 valence electrons. The lowest BCUT2D eigenvalue weighted by molar-refractivity contribution is 0.0940. The molecule has 26 heavy (non-hydrogen) atoms. The predicted molar refractivity (Wildman–Crippen MR) is 99.2 cm³/mol. The third-order valence-corrected chi connectivity index (χ3v) is 5.59. The van der Waals surface area contributed by atoms with E-state index < -0.39 is 22.0 Å². The van der Waals surface area contributed by atoms with Crippen LogP contribution in [-0.4, -0.2) is 20.4 Å². The molecular formula is C18H20ClFN2O3S. The Morgan fingerprint density at radius 3 is 2.27 bits per heavy atom. The topological polar surface area (TPSA) is 75.3 Å². The number of benzene rings is 2. The Morgan fingerprint density at radius 1 is 1.08 bits per heavy atom. The molecule has 0 aliphatic carbocycles. The van der Waals surface area contributed by atoms with Gasteiger partial charge in [0.05, 0.1) is 21.5 Å². The molecule has 0 fully saturated rings. The summed E-state index contributed by atoms with van der Waals surface area (Å²) in [6, 6.07) is 8.98. The molecule has 8 heteroatoms. The van der Waals surface area contributed by atoms with E-state index in [4.69, 9.17) is 11.6 Å². The van der Waals surface area contributed by atoms with Gasteiger partial charge < -0.3 is 5.32 Å². The van der Waals surface area contributed by atoms with Crippen molar-refractivity contribution in [3.63, 3.8) is 0 Å². The van der Waals surface area contributed by atoms with Crippen LogP contribution in [0.4, 0.5) is 4.39 Å². The van der Waals surface area contributed by atoms with E-state index in [-0.39, 0.29) is 27.3 Å². The van der Waals surface area contributed by atoms with Crippen LogP contribution in [0.15, 0.2) is 47.4 Å². The smallest absolute Gasteiger partial charge is 0.253 e. The van der Waals surface area contributed by atoms with Gasteiger partial charge in [0, 0.05) is 6.04 Å². The van der Waals surface area contributed by atoms with E-state index in [2.05, 4.69) is 10.0 Å². The van der Waals surface area contributed by atoms with Crippen LogP contribution in [0.1, 0.15) is 42.7 Å². The first-order valence-electron chi connectivity index (χ1n) is 7.98. The monoisotopic (exact) mass is 398 g/mol. The van der Waals surface area contributed by atoms with Crippen molar-refractivity contribution >= 4 is 27.5 Å². The number of hydrogen-bond donors (Lipinski definition) is 2. The van der Waals surface area contributed by atoms with Gasteiger partial charge in [0.15, 0.2) is 0 Å². The van der Waals surface area contributed by atoms with Gasteiger partial charge in [0.1, 0.15) is 5.82 Å². The van der Waals surface area contributed by atoms with Crippen molar-refractivity contribution < 1.29 is 17.6 Å². The van der Waals surface area contributed by atoms with E-state index in [0.29, 0.717) is 5.56 Å². The molecule has 0 aliphatic heterocycles. The van der Waals surface area contributed by atoms with E-state index in [1.807, 2.05) is 0 Å². The molecule has 0 aliphatic rings. The third-order valence-electron chi connectivity index (χ3n) is 3.60. The minimum atomic E-state index is -3.75. The zero-order valence-electron chi connectivity index (χ0n) is 14.6. The molecule has 0 bridgehead atoms. The summed E-state index contributed by atoms with van der Waals surface area (Å²) in [4.78, 5) is 12.5. The van der Waals surface area contributed by atoms with Gasteiger partial charge >= 0.3 is 0 Å². The molecule has 0 saturated heterocycles. The molecule has 1 atom stereocenters. The molecule has 0 saturated carbocycles. The normalized spacial score (nSPS) is 12.8. The van der Waals surface area contributed by atoms with Gasteiger partial charge in [0.25, 0.3) is 5.91 Å². The number of amides is 1. The van der Waals surface area contributed by atoms with E-state index in [1.165, 1.54) is 30.3 Å². The first-order valence-corrected chi connectivity index (χ1v) is 9.84. The fraction of sp³-hybridized carbons (Fsp3) is 0.278. The van der Waals surface area contributed by atoms with Crippen molar-refractivity contribution in [1.29, 1.82) is 0 Å². The lowest BCUT2D eigenvalue weighted by Crippen LogP contribution is -2.31. The molecule has 1 amide bonds. The molecular weight excluding hydrogens is 379 g/mol. The predicted octanol–water partition coefficient (Wildman–Crippen LogP) is 3.66. The minimum Gasteiger partial charge on any atom is -0.345 e. The largest absolute Gasteiger partial charge is 0.345 e. The summed E-state index contributed by atoms with van der Waals surface area (Å²) >= 11 is 6.07.